The molecule has 0 aromatic carbocycles. The summed E-state index contributed by atoms with van der Waals surface area (Å²) < 4.78 is 12.3. The number of nitrogens with zero attached hydrogens (tertiary/aromatic N) is 2. The molecule has 0 saturated heterocycles. The van der Waals surface area contributed by atoms with Gasteiger partial charge >= 0.3 is 0 Å². The normalized spacial score (nSPS) is 8.90. The maximum absolute atomic E-state index is 12.3. The van der Waals surface area contributed by atoms with Crippen molar-refractivity contribution in [3.63, 3.8) is 0 Å². The number of rotatable bonds is 0. The van der Waals surface area contributed by atoms with Gasteiger partial charge in [-0.1, -0.05) is 11.6 Å². The Morgan fingerprint density at radius 2 is 2.40 bits per heavy atom. The Balaban J connectivity index is 3.25. The van der Waals surface area contributed by atoms with Crippen molar-refractivity contribution < 1.29 is 4.39 Å². The Morgan fingerprint density at radius 1 is 1.70 bits per heavy atom. The Morgan fingerprint density at radius 3 is 2.90 bits per heavy atom. The Kier molecular flexibility index (Phi) is 1.83. The first kappa shape index (κ1) is 6.97. The van der Waals surface area contributed by atoms with Crippen LogP contribution in [-0.2, 0) is 0 Å². The lowest BCUT2D eigenvalue weighted by Gasteiger charge is -1.91. The summed E-state index contributed by atoms with van der Waals surface area (Å²) in [6, 6.07) is 1.04. The van der Waals surface area contributed by atoms with Crippen LogP contribution < -0.4 is 0 Å². The third kappa shape index (κ3) is 1.23. The first-order valence-corrected chi connectivity index (χ1v) is 2.80. The largest absolute Gasteiger partial charge is 0.253 e. The van der Waals surface area contributed by atoms with E-state index in [1.165, 1.54) is 0 Å². The minimum absolute atomic E-state index is 0.0383. The average Bonchev–Trinajstić information content (AvgIpc) is 1.94. The molecule has 0 aliphatic carbocycles. The summed E-state index contributed by atoms with van der Waals surface area (Å²) in [5.41, 5.74) is 0.0432. The molecule has 1 rings (SSSR count). The number of pyridine rings is 1. The van der Waals surface area contributed by atoms with Gasteiger partial charge in [-0.15, -0.1) is 0 Å². The van der Waals surface area contributed by atoms with Gasteiger partial charge in [0.2, 0.25) is 5.69 Å². The second-order valence-electron chi connectivity index (χ2n) is 1.58. The van der Waals surface area contributed by atoms with Crippen LogP contribution in [0.2, 0.25) is 5.15 Å². The van der Waals surface area contributed by atoms with E-state index in [1.54, 1.807) is 0 Å². The van der Waals surface area contributed by atoms with E-state index in [1.807, 2.05) is 0 Å². The van der Waals surface area contributed by atoms with E-state index in [4.69, 9.17) is 18.2 Å². The number of halogens is 2. The van der Waals surface area contributed by atoms with Gasteiger partial charge in [0.15, 0.2) is 0 Å². The highest BCUT2D eigenvalue weighted by Crippen LogP contribution is 2.21. The summed E-state index contributed by atoms with van der Waals surface area (Å²) >= 11 is 5.40. The monoisotopic (exact) mass is 156 g/mol. The van der Waals surface area contributed by atoms with Crippen molar-refractivity contribution in [2.24, 2.45) is 0 Å². The zero-order valence-corrected chi connectivity index (χ0v) is 5.56. The molecule has 0 N–H and O–H groups in total. The molecule has 0 atom stereocenters. The minimum Gasteiger partial charge on any atom is -0.253 e. The van der Waals surface area contributed by atoms with Gasteiger partial charge in [-0.2, -0.15) is 0 Å². The van der Waals surface area contributed by atoms with E-state index >= 15 is 0 Å². The van der Waals surface area contributed by atoms with Crippen molar-refractivity contribution in [1.82, 2.24) is 4.98 Å². The average molecular weight is 157 g/mol. The third-order valence-electron chi connectivity index (χ3n) is 0.908. The fourth-order valence-corrected chi connectivity index (χ4v) is 0.636. The SMILES string of the molecule is [C-]#[N+]c1cc(F)cnc1Cl. The van der Waals surface area contributed by atoms with Crippen LogP contribution in [0.4, 0.5) is 10.1 Å². The van der Waals surface area contributed by atoms with Crippen LogP contribution >= 0.6 is 11.6 Å². The van der Waals surface area contributed by atoms with Gasteiger partial charge in [0.25, 0.3) is 0 Å². The van der Waals surface area contributed by atoms with Crippen LogP contribution in [0, 0.1) is 12.4 Å². The number of aromatic nitrogens is 1. The molecule has 1 heterocycles. The summed E-state index contributed by atoms with van der Waals surface area (Å²) in [6.45, 7) is 6.52. The molecule has 50 valence electrons. The second kappa shape index (κ2) is 2.63. The molecule has 0 unspecified atom stereocenters. The lowest BCUT2D eigenvalue weighted by Crippen LogP contribution is -1.77. The fourth-order valence-electron chi connectivity index (χ4n) is 0.490. The summed E-state index contributed by atoms with van der Waals surface area (Å²) in [5, 5.41) is 0.0383. The number of hydrogen-bond acceptors (Lipinski definition) is 1. The summed E-state index contributed by atoms with van der Waals surface area (Å²) in [6.07, 6.45) is 0.969. The second-order valence-corrected chi connectivity index (χ2v) is 1.93. The highest BCUT2D eigenvalue weighted by atomic mass is 35.5. The quantitative estimate of drug-likeness (QED) is 0.417. The Labute approximate surface area is 62.1 Å². The van der Waals surface area contributed by atoms with Gasteiger partial charge in [0.05, 0.1) is 12.8 Å². The van der Waals surface area contributed by atoms with E-state index in [0.29, 0.717) is 0 Å². The fraction of sp³-hybridized carbons (Fsp3) is 0. The van der Waals surface area contributed by atoms with Crippen LogP contribution in [0.15, 0.2) is 12.3 Å². The molecule has 0 aliphatic rings. The first-order valence-electron chi connectivity index (χ1n) is 2.42. The van der Waals surface area contributed by atoms with Crippen molar-refractivity contribution in [1.29, 1.82) is 0 Å². The summed E-state index contributed by atoms with van der Waals surface area (Å²) in [4.78, 5) is 6.37. The maximum atomic E-state index is 12.3. The highest BCUT2D eigenvalue weighted by molar-refractivity contribution is 6.32. The van der Waals surface area contributed by atoms with E-state index < -0.39 is 5.82 Å². The molecule has 0 amide bonds. The first-order chi connectivity index (χ1) is 4.74. The lowest BCUT2D eigenvalue weighted by molar-refractivity contribution is 0.622. The standard InChI is InChI=1S/C6H2ClFN2/c1-9-5-2-4(8)3-10-6(5)7/h2-3H. The van der Waals surface area contributed by atoms with Crippen molar-refractivity contribution in [3.05, 3.63) is 34.7 Å². The molecule has 0 bridgehead atoms. The van der Waals surface area contributed by atoms with Crippen molar-refractivity contribution in [2.75, 3.05) is 0 Å². The minimum atomic E-state index is -0.546. The third-order valence-corrected chi connectivity index (χ3v) is 1.20. The van der Waals surface area contributed by atoms with E-state index in [2.05, 4.69) is 9.83 Å². The number of hydrogen-bond donors (Lipinski definition) is 0. The Hall–Kier alpha value is -1.14. The molecule has 10 heavy (non-hydrogen) atoms. The van der Waals surface area contributed by atoms with Crippen LogP contribution in [0.5, 0.6) is 0 Å². The van der Waals surface area contributed by atoms with Crippen LogP contribution in [-0.4, -0.2) is 4.98 Å². The maximum Gasteiger partial charge on any atom is 0.226 e. The van der Waals surface area contributed by atoms with Gasteiger partial charge < -0.3 is 0 Å². The molecule has 1 aromatic rings. The predicted octanol–water partition coefficient (Wildman–Crippen LogP) is 2.42. The lowest BCUT2D eigenvalue weighted by atomic mass is 10.4. The van der Waals surface area contributed by atoms with Gasteiger partial charge in [-0.3, -0.25) is 4.98 Å². The zero-order chi connectivity index (χ0) is 7.56. The molecule has 0 saturated carbocycles. The highest BCUT2D eigenvalue weighted by Gasteiger charge is 2.00. The van der Waals surface area contributed by atoms with Gasteiger partial charge in [0.1, 0.15) is 11.0 Å². The Bertz CT molecular complexity index is 292. The molecule has 1 aromatic heterocycles. The van der Waals surface area contributed by atoms with E-state index in [0.717, 1.165) is 12.3 Å². The predicted molar refractivity (Wildman–Crippen MR) is 35.5 cm³/mol. The van der Waals surface area contributed by atoms with Gasteiger partial charge in [-0.25, -0.2) is 9.24 Å². The summed E-state index contributed by atoms with van der Waals surface area (Å²) in [5.74, 6) is -0.546. The molecule has 2 nitrogen and oxygen atoms in total. The molecule has 0 fully saturated rings. The van der Waals surface area contributed by atoms with E-state index in [9.17, 15) is 4.39 Å². The topological polar surface area (TPSA) is 17.2 Å². The molecular formula is C6H2ClFN2. The summed E-state index contributed by atoms with van der Waals surface area (Å²) in [7, 11) is 0. The molecule has 4 heteroatoms. The molecule has 0 spiro atoms. The van der Waals surface area contributed by atoms with Crippen molar-refractivity contribution >= 4 is 17.3 Å². The van der Waals surface area contributed by atoms with Crippen LogP contribution in [0.25, 0.3) is 4.85 Å². The van der Waals surface area contributed by atoms with Crippen LogP contribution in [0.1, 0.15) is 0 Å². The molecule has 0 aliphatic heterocycles. The smallest absolute Gasteiger partial charge is 0.226 e. The van der Waals surface area contributed by atoms with Crippen molar-refractivity contribution in [2.45, 2.75) is 0 Å². The van der Waals surface area contributed by atoms with Crippen LogP contribution in [0.3, 0.4) is 0 Å². The van der Waals surface area contributed by atoms with Crippen molar-refractivity contribution in [3.8, 4) is 0 Å². The van der Waals surface area contributed by atoms with Gasteiger partial charge in [0, 0.05) is 0 Å². The zero-order valence-electron chi connectivity index (χ0n) is 4.81. The van der Waals surface area contributed by atoms with E-state index in [-0.39, 0.29) is 10.8 Å². The molecular weight excluding hydrogens is 155 g/mol. The van der Waals surface area contributed by atoms with Gasteiger partial charge in [-0.05, 0) is 6.07 Å². The molecule has 0 radical (unpaired) electrons.